The molecule has 0 N–H and O–H groups in total. The van der Waals surface area contributed by atoms with Gasteiger partial charge in [-0.1, -0.05) is 19.8 Å². The Bertz CT molecular complexity index is 209. The highest BCUT2D eigenvalue weighted by atomic mass is 15.2. The fourth-order valence-corrected chi connectivity index (χ4v) is 3.47. The molecular weight excluding hydrogens is 196 g/mol. The van der Waals surface area contributed by atoms with Gasteiger partial charge in [0.25, 0.3) is 0 Å². The van der Waals surface area contributed by atoms with E-state index in [0.717, 1.165) is 18.0 Å². The van der Waals surface area contributed by atoms with E-state index in [4.69, 9.17) is 0 Å². The van der Waals surface area contributed by atoms with Crippen LogP contribution in [-0.4, -0.2) is 49.1 Å². The molecule has 0 bridgehead atoms. The van der Waals surface area contributed by atoms with Gasteiger partial charge in [-0.05, 0) is 58.8 Å². The molecule has 0 aromatic rings. The van der Waals surface area contributed by atoms with Gasteiger partial charge in [-0.25, -0.2) is 0 Å². The third-order valence-electron chi connectivity index (χ3n) is 4.75. The predicted octanol–water partition coefficient (Wildman–Crippen LogP) is 2.59. The minimum absolute atomic E-state index is 0.853. The van der Waals surface area contributed by atoms with Crippen LogP contribution in [0.25, 0.3) is 0 Å². The average Bonchev–Trinajstić information content (AvgIpc) is 2.29. The second-order valence-corrected chi connectivity index (χ2v) is 6.13. The monoisotopic (exact) mass is 224 g/mol. The van der Waals surface area contributed by atoms with Gasteiger partial charge >= 0.3 is 0 Å². The van der Waals surface area contributed by atoms with Crippen LogP contribution in [0.15, 0.2) is 0 Å². The summed E-state index contributed by atoms with van der Waals surface area (Å²) >= 11 is 0. The van der Waals surface area contributed by atoms with E-state index in [-0.39, 0.29) is 0 Å². The van der Waals surface area contributed by atoms with Gasteiger partial charge in [-0.2, -0.15) is 0 Å². The molecule has 2 heteroatoms. The average molecular weight is 224 g/mol. The standard InChI is InChI=1S/C14H28N2/c1-12-5-4-6-14(11-12)16(3)13-7-9-15(2)10-8-13/h12-14H,4-11H2,1-3H3/t12-,14+/m0/s1. The van der Waals surface area contributed by atoms with E-state index in [2.05, 4.69) is 30.8 Å². The molecule has 2 rings (SSSR count). The van der Waals surface area contributed by atoms with Crippen molar-refractivity contribution in [2.75, 3.05) is 27.2 Å². The Morgan fingerprint density at radius 2 is 1.69 bits per heavy atom. The van der Waals surface area contributed by atoms with Gasteiger partial charge in [0.05, 0.1) is 0 Å². The lowest BCUT2D eigenvalue weighted by Gasteiger charge is -2.42. The zero-order valence-electron chi connectivity index (χ0n) is 11.3. The zero-order valence-corrected chi connectivity index (χ0v) is 11.3. The number of hydrogen-bond acceptors (Lipinski definition) is 2. The molecule has 0 aromatic heterocycles. The van der Waals surface area contributed by atoms with Crippen LogP contribution in [0.1, 0.15) is 45.4 Å². The fourth-order valence-electron chi connectivity index (χ4n) is 3.47. The molecule has 1 saturated carbocycles. The van der Waals surface area contributed by atoms with Gasteiger partial charge in [0.2, 0.25) is 0 Å². The van der Waals surface area contributed by atoms with E-state index >= 15 is 0 Å². The molecule has 0 radical (unpaired) electrons. The lowest BCUT2D eigenvalue weighted by molar-refractivity contribution is 0.0774. The van der Waals surface area contributed by atoms with Gasteiger partial charge in [-0.3, -0.25) is 0 Å². The smallest absolute Gasteiger partial charge is 0.0119 e. The van der Waals surface area contributed by atoms with Crippen molar-refractivity contribution in [2.24, 2.45) is 5.92 Å². The third-order valence-corrected chi connectivity index (χ3v) is 4.75. The highest BCUT2D eigenvalue weighted by molar-refractivity contribution is 4.84. The van der Waals surface area contributed by atoms with Gasteiger partial charge in [0.15, 0.2) is 0 Å². The molecule has 94 valence electrons. The summed E-state index contributed by atoms with van der Waals surface area (Å²) < 4.78 is 0. The Balaban J connectivity index is 1.84. The largest absolute Gasteiger partial charge is 0.306 e. The second-order valence-electron chi connectivity index (χ2n) is 6.13. The molecule has 16 heavy (non-hydrogen) atoms. The number of rotatable bonds is 2. The number of nitrogens with zero attached hydrogens (tertiary/aromatic N) is 2. The van der Waals surface area contributed by atoms with Gasteiger partial charge in [0, 0.05) is 12.1 Å². The third kappa shape index (κ3) is 2.98. The predicted molar refractivity (Wildman–Crippen MR) is 69.7 cm³/mol. The Kier molecular flexibility index (Phi) is 4.26. The first-order valence-electron chi connectivity index (χ1n) is 7.07. The minimum Gasteiger partial charge on any atom is -0.306 e. The van der Waals surface area contributed by atoms with E-state index in [1.807, 2.05) is 0 Å². The van der Waals surface area contributed by atoms with Crippen LogP contribution < -0.4 is 0 Å². The Hall–Kier alpha value is -0.0800. The first-order valence-corrected chi connectivity index (χ1v) is 7.07. The number of piperidine rings is 1. The molecule has 2 fully saturated rings. The van der Waals surface area contributed by atoms with Gasteiger partial charge in [-0.15, -0.1) is 0 Å². The summed E-state index contributed by atoms with van der Waals surface area (Å²) in [5, 5.41) is 0. The molecule has 0 unspecified atom stereocenters. The van der Waals surface area contributed by atoms with E-state index in [0.29, 0.717) is 0 Å². The zero-order chi connectivity index (χ0) is 11.5. The highest BCUT2D eigenvalue weighted by Crippen LogP contribution is 2.29. The molecule has 0 spiro atoms. The van der Waals surface area contributed by atoms with Crippen molar-refractivity contribution in [3.63, 3.8) is 0 Å². The number of likely N-dealkylation sites (tertiary alicyclic amines) is 1. The normalized spacial score (nSPS) is 34.5. The van der Waals surface area contributed by atoms with Crippen LogP contribution >= 0.6 is 0 Å². The van der Waals surface area contributed by atoms with Crippen molar-refractivity contribution in [3.05, 3.63) is 0 Å². The maximum atomic E-state index is 2.71. The Morgan fingerprint density at radius 3 is 2.31 bits per heavy atom. The van der Waals surface area contributed by atoms with Crippen molar-refractivity contribution in [1.82, 2.24) is 9.80 Å². The van der Waals surface area contributed by atoms with Gasteiger partial charge in [0.1, 0.15) is 0 Å². The molecule has 2 atom stereocenters. The maximum Gasteiger partial charge on any atom is 0.0119 e. The summed E-state index contributed by atoms with van der Waals surface area (Å²) in [5.74, 6) is 0.951. The summed E-state index contributed by atoms with van der Waals surface area (Å²) in [7, 11) is 4.62. The molecule has 0 aromatic carbocycles. The van der Waals surface area contributed by atoms with Crippen molar-refractivity contribution in [1.29, 1.82) is 0 Å². The van der Waals surface area contributed by atoms with Gasteiger partial charge < -0.3 is 9.80 Å². The van der Waals surface area contributed by atoms with Crippen LogP contribution in [0.5, 0.6) is 0 Å². The molecule has 1 saturated heterocycles. The summed E-state index contributed by atoms with van der Waals surface area (Å²) in [5.41, 5.74) is 0. The first-order chi connectivity index (χ1) is 7.66. The SMILES string of the molecule is C[C@H]1CCC[C@@H](N(C)C2CCN(C)CC2)C1. The molecule has 2 nitrogen and oxygen atoms in total. The molecule has 1 aliphatic carbocycles. The van der Waals surface area contributed by atoms with Crippen molar-refractivity contribution < 1.29 is 0 Å². The van der Waals surface area contributed by atoms with Crippen LogP contribution in [0.4, 0.5) is 0 Å². The lowest BCUT2D eigenvalue weighted by Crippen LogP contribution is -2.47. The topological polar surface area (TPSA) is 6.48 Å². The Morgan fingerprint density at radius 1 is 1.00 bits per heavy atom. The quantitative estimate of drug-likeness (QED) is 0.711. The minimum atomic E-state index is 0.853. The first kappa shape index (κ1) is 12.4. The summed E-state index contributed by atoms with van der Waals surface area (Å²) in [6.45, 7) is 5.00. The van der Waals surface area contributed by atoms with E-state index in [1.54, 1.807) is 0 Å². The lowest BCUT2D eigenvalue weighted by atomic mass is 9.85. The van der Waals surface area contributed by atoms with Crippen LogP contribution in [0.2, 0.25) is 0 Å². The van der Waals surface area contributed by atoms with Crippen molar-refractivity contribution in [3.8, 4) is 0 Å². The Labute approximate surface area is 101 Å². The summed E-state index contributed by atoms with van der Waals surface area (Å²) in [6.07, 6.45) is 8.52. The summed E-state index contributed by atoms with van der Waals surface area (Å²) in [6, 6.07) is 1.73. The van der Waals surface area contributed by atoms with Crippen LogP contribution in [0, 0.1) is 5.92 Å². The maximum absolute atomic E-state index is 2.71. The highest BCUT2D eigenvalue weighted by Gasteiger charge is 2.28. The van der Waals surface area contributed by atoms with E-state index in [1.165, 1.54) is 51.6 Å². The van der Waals surface area contributed by atoms with Crippen molar-refractivity contribution >= 4 is 0 Å². The molecule has 0 amide bonds. The molecule has 1 aliphatic heterocycles. The number of hydrogen-bond donors (Lipinski definition) is 0. The second kappa shape index (κ2) is 5.50. The molecule has 2 aliphatic rings. The molecular formula is C14H28N2. The van der Waals surface area contributed by atoms with Crippen LogP contribution in [-0.2, 0) is 0 Å². The van der Waals surface area contributed by atoms with Crippen molar-refractivity contribution in [2.45, 2.75) is 57.5 Å². The van der Waals surface area contributed by atoms with E-state index < -0.39 is 0 Å². The summed E-state index contributed by atoms with van der Waals surface area (Å²) in [4.78, 5) is 5.18. The molecule has 1 heterocycles. The fraction of sp³-hybridized carbons (Fsp3) is 1.00. The van der Waals surface area contributed by atoms with Crippen LogP contribution in [0.3, 0.4) is 0 Å². The van der Waals surface area contributed by atoms with E-state index in [9.17, 15) is 0 Å².